The monoisotopic (exact) mass is 334 g/mol. The number of anilines is 1. The molecule has 3 heterocycles. The van der Waals surface area contributed by atoms with Gasteiger partial charge in [0.15, 0.2) is 5.76 Å². The molecule has 0 unspecified atom stereocenters. The second-order valence-electron chi connectivity index (χ2n) is 5.85. The first-order valence-electron chi connectivity index (χ1n) is 7.87. The SMILES string of the molecule is Cc1c(-c2ccccn2)coc1C(=O)Nc1ccc2c(c1)B(O)OC2. The summed E-state index contributed by atoms with van der Waals surface area (Å²) in [4.78, 5) is 16.8. The molecule has 1 aliphatic rings. The zero-order chi connectivity index (χ0) is 17.4. The van der Waals surface area contributed by atoms with Crippen LogP contribution in [0.1, 0.15) is 21.7 Å². The van der Waals surface area contributed by atoms with Crippen LogP contribution in [0, 0.1) is 6.92 Å². The lowest BCUT2D eigenvalue weighted by Gasteiger charge is -2.06. The molecule has 4 rings (SSSR count). The highest BCUT2D eigenvalue weighted by molar-refractivity contribution is 6.61. The molecular formula is C18H15BN2O4. The van der Waals surface area contributed by atoms with Crippen molar-refractivity contribution in [2.24, 2.45) is 0 Å². The quantitative estimate of drug-likeness (QED) is 0.717. The van der Waals surface area contributed by atoms with Crippen LogP contribution in [-0.2, 0) is 11.3 Å². The smallest absolute Gasteiger partial charge is 0.458 e. The number of benzene rings is 1. The van der Waals surface area contributed by atoms with Crippen LogP contribution in [-0.4, -0.2) is 23.0 Å². The number of aromatic nitrogens is 1. The molecular weight excluding hydrogens is 319 g/mol. The number of carbonyl (C=O) groups is 1. The van der Waals surface area contributed by atoms with Gasteiger partial charge in [0.25, 0.3) is 5.91 Å². The van der Waals surface area contributed by atoms with Gasteiger partial charge in [-0.2, -0.15) is 0 Å². The maximum atomic E-state index is 12.5. The molecule has 0 aliphatic carbocycles. The minimum absolute atomic E-state index is 0.234. The topological polar surface area (TPSA) is 84.6 Å². The minimum Gasteiger partial charge on any atom is -0.458 e. The summed E-state index contributed by atoms with van der Waals surface area (Å²) in [6, 6.07) is 10.9. The number of rotatable bonds is 3. The van der Waals surface area contributed by atoms with Crippen LogP contribution in [0.2, 0.25) is 0 Å². The summed E-state index contributed by atoms with van der Waals surface area (Å²) < 4.78 is 10.6. The third-order valence-electron chi connectivity index (χ3n) is 4.25. The molecule has 25 heavy (non-hydrogen) atoms. The predicted octanol–water partition coefficient (Wildman–Crippen LogP) is 2.12. The Labute approximate surface area is 144 Å². The van der Waals surface area contributed by atoms with E-state index in [9.17, 15) is 9.82 Å². The Kier molecular flexibility index (Phi) is 3.87. The Balaban J connectivity index is 1.58. The van der Waals surface area contributed by atoms with E-state index in [0.717, 1.165) is 22.4 Å². The Hall–Kier alpha value is -2.90. The molecule has 7 heteroatoms. The average Bonchev–Trinajstić information content (AvgIpc) is 3.19. The highest BCUT2D eigenvalue weighted by atomic mass is 16.5. The third kappa shape index (κ3) is 2.84. The van der Waals surface area contributed by atoms with Crippen LogP contribution in [0.15, 0.2) is 53.3 Å². The number of fused-ring (bicyclic) bond motifs is 1. The number of hydrogen-bond donors (Lipinski definition) is 2. The fourth-order valence-corrected chi connectivity index (χ4v) is 2.90. The molecule has 0 bridgehead atoms. The fraction of sp³-hybridized carbons (Fsp3) is 0.111. The minimum atomic E-state index is -0.951. The van der Waals surface area contributed by atoms with E-state index >= 15 is 0 Å². The predicted molar refractivity (Wildman–Crippen MR) is 93.5 cm³/mol. The number of nitrogens with one attached hydrogen (secondary N) is 1. The van der Waals surface area contributed by atoms with Crippen LogP contribution < -0.4 is 10.8 Å². The van der Waals surface area contributed by atoms with Crippen LogP contribution in [0.4, 0.5) is 5.69 Å². The Morgan fingerprint density at radius 1 is 1.32 bits per heavy atom. The van der Waals surface area contributed by atoms with Crippen molar-refractivity contribution in [3.8, 4) is 11.3 Å². The fourth-order valence-electron chi connectivity index (χ4n) is 2.90. The molecule has 0 radical (unpaired) electrons. The lowest BCUT2D eigenvalue weighted by Crippen LogP contribution is -2.28. The molecule has 1 amide bonds. The Morgan fingerprint density at radius 2 is 2.20 bits per heavy atom. The van der Waals surface area contributed by atoms with Gasteiger partial charge in [0.1, 0.15) is 6.26 Å². The summed E-state index contributed by atoms with van der Waals surface area (Å²) in [6.45, 7) is 2.19. The van der Waals surface area contributed by atoms with E-state index in [4.69, 9.17) is 9.07 Å². The van der Waals surface area contributed by atoms with Crippen LogP contribution in [0.5, 0.6) is 0 Å². The standard InChI is InChI=1S/C18H15BN2O4/c1-11-14(16-4-2-3-7-20-16)10-24-17(11)18(22)21-13-6-5-12-9-25-19(23)15(12)8-13/h2-8,10,23H,9H2,1H3,(H,21,22). The summed E-state index contributed by atoms with van der Waals surface area (Å²) in [7, 11) is -0.951. The number of furan rings is 1. The van der Waals surface area contributed by atoms with Crippen LogP contribution >= 0.6 is 0 Å². The molecule has 6 nitrogen and oxygen atoms in total. The van der Waals surface area contributed by atoms with Gasteiger partial charge in [-0.25, -0.2) is 0 Å². The number of carbonyl (C=O) groups excluding carboxylic acids is 1. The van der Waals surface area contributed by atoms with Crippen LogP contribution in [0.25, 0.3) is 11.3 Å². The molecule has 1 aromatic carbocycles. The highest BCUT2D eigenvalue weighted by Gasteiger charge is 2.27. The van der Waals surface area contributed by atoms with E-state index in [1.807, 2.05) is 31.2 Å². The number of hydrogen-bond acceptors (Lipinski definition) is 5. The lowest BCUT2D eigenvalue weighted by molar-refractivity contribution is 0.0996. The largest absolute Gasteiger partial charge is 0.491 e. The van der Waals surface area contributed by atoms with E-state index in [-0.39, 0.29) is 11.7 Å². The molecule has 0 atom stereocenters. The second kappa shape index (κ2) is 6.20. The van der Waals surface area contributed by atoms with Gasteiger partial charge in [-0.05, 0) is 42.2 Å². The summed E-state index contributed by atoms with van der Waals surface area (Å²) in [5, 5.41) is 12.6. The molecule has 2 aromatic heterocycles. The van der Waals surface area contributed by atoms with E-state index in [1.54, 1.807) is 18.3 Å². The van der Waals surface area contributed by atoms with Crippen molar-refractivity contribution in [2.45, 2.75) is 13.5 Å². The van der Waals surface area contributed by atoms with Crippen molar-refractivity contribution in [3.63, 3.8) is 0 Å². The first-order chi connectivity index (χ1) is 12.1. The van der Waals surface area contributed by atoms with Crippen molar-refractivity contribution < 1.29 is 18.9 Å². The molecule has 0 saturated heterocycles. The zero-order valence-electron chi connectivity index (χ0n) is 13.5. The van der Waals surface area contributed by atoms with Crippen molar-refractivity contribution in [2.75, 3.05) is 5.32 Å². The van der Waals surface area contributed by atoms with Gasteiger partial charge in [-0.3, -0.25) is 9.78 Å². The van der Waals surface area contributed by atoms with E-state index in [2.05, 4.69) is 10.3 Å². The second-order valence-corrected chi connectivity index (χ2v) is 5.85. The van der Waals surface area contributed by atoms with Gasteiger partial charge < -0.3 is 19.4 Å². The molecule has 2 N–H and O–H groups in total. The zero-order valence-corrected chi connectivity index (χ0v) is 13.5. The van der Waals surface area contributed by atoms with Crippen molar-refractivity contribution >= 4 is 24.2 Å². The van der Waals surface area contributed by atoms with Gasteiger partial charge in [0.05, 0.1) is 12.3 Å². The van der Waals surface area contributed by atoms with Gasteiger partial charge in [0, 0.05) is 23.0 Å². The first kappa shape index (κ1) is 15.6. The summed E-state index contributed by atoms with van der Waals surface area (Å²) in [5.41, 5.74) is 4.41. The van der Waals surface area contributed by atoms with Gasteiger partial charge >= 0.3 is 7.12 Å². The summed E-state index contributed by atoms with van der Waals surface area (Å²) >= 11 is 0. The van der Waals surface area contributed by atoms with E-state index < -0.39 is 7.12 Å². The number of pyridine rings is 1. The maximum Gasteiger partial charge on any atom is 0.491 e. The molecule has 124 valence electrons. The molecule has 0 fully saturated rings. The Morgan fingerprint density at radius 3 is 3.00 bits per heavy atom. The summed E-state index contributed by atoms with van der Waals surface area (Å²) in [6.07, 6.45) is 3.23. The van der Waals surface area contributed by atoms with Gasteiger partial charge in [0.2, 0.25) is 0 Å². The van der Waals surface area contributed by atoms with Crippen molar-refractivity contribution in [1.29, 1.82) is 0 Å². The number of amides is 1. The average molecular weight is 334 g/mol. The first-order valence-corrected chi connectivity index (χ1v) is 7.87. The van der Waals surface area contributed by atoms with Crippen LogP contribution in [0.3, 0.4) is 0 Å². The molecule has 1 aliphatic heterocycles. The third-order valence-corrected chi connectivity index (χ3v) is 4.25. The van der Waals surface area contributed by atoms with E-state index in [1.165, 1.54) is 6.26 Å². The molecule has 3 aromatic rings. The van der Waals surface area contributed by atoms with Gasteiger partial charge in [-0.1, -0.05) is 12.1 Å². The van der Waals surface area contributed by atoms with E-state index in [0.29, 0.717) is 17.8 Å². The normalized spacial score (nSPS) is 13.0. The maximum absolute atomic E-state index is 12.5. The van der Waals surface area contributed by atoms with Crippen molar-refractivity contribution in [1.82, 2.24) is 4.98 Å². The summed E-state index contributed by atoms with van der Waals surface area (Å²) in [5.74, 6) is -0.119. The number of nitrogens with zero attached hydrogens (tertiary/aromatic N) is 1. The molecule has 0 saturated carbocycles. The van der Waals surface area contributed by atoms with Gasteiger partial charge in [-0.15, -0.1) is 0 Å². The van der Waals surface area contributed by atoms with Crippen molar-refractivity contribution in [3.05, 3.63) is 65.7 Å². The lowest BCUT2D eigenvalue weighted by atomic mass is 9.79. The Bertz CT molecular complexity index is 940. The molecule has 0 spiro atoms. The highest BCUT2D eigenvalue weighted by Crippen LogP contribution is 2.26.